The highest BCUT2D eigenvalue weighted by atomic mass is 16.1. The Hall–Kier alpha value is -1.24. The van der Waals surface area contributed by atoms with Gasteiger partial charge in [0.25, 0.3) is 0 Å². The fraction of sp³-hybridized carbons (Fsp3) is 0.467. The second-order valence-electron chi connectivity index (χ2n) is 5.27. The quantitative estimate of drug-likeness (QED) is 0.409. The highest BCUT2D eigenvalue weighted by Gasteiger charge is 2.44. The van der Waals surface area contributed by atoms with Crippen LogP contribution < -0.4 is 0 Å². The maximum atomic E-state index is 9.40. The summed E-state index contributed by atoms with van der Waals surface area (Å²) in [7, 11) is 0. The normalized spacial score (nSPS) is 27.4. The van der Waals surface area contributed by atoms with Gasteiger partial charge in [-0.05, 0) is 25.2 Å². The lowest BCUT2D eigenvalue weighted by molar-refractivity contribution is 0.525. The zero-order chi connectivity index (χ0) is 11.1. The van der Waals surface area contributed by atoms with E-state index < -0.39 is 0 Å². The van der Waals surface area contributed by atoms with Crippen LogP contribution in [0, 0.1) is 17.8 Å². The number of carbonyl (C=O) groups excluding carboxylic acids is 1. The van der Waals surface area contributed by atoms with Crippen LogP contribution in [0.25, 0.3) is 0 Å². The predicted molar refractivity (Wildman–Crippen MR) is 66.0 cm³/mol. The van der Waals surface area contributed by atoms with Crippen LogP contribution in [0.2, 0.25) is 0 Å². The molecule has 3 rings (SSSR count). The summed E-state index contributed by atoms with van der Waals surface area (Å²) in [5.41, 5.74) is 2.34. The minimum atomic E-state index is 0.407. The van der Waals surface area contributed by atoms with Crippen molar-refractivity contribution in [1.29, 1.82) is 0 Å². The molecule has 1 aromatic rings. The van der Waals surface area contributed by atoms with Gasteiger partial charge >= 0.3 is 5.78 Å². The zero-order valence-corrected chi connectivity index (χ0v) is 9.74. The van der Waals surface area contributed by atoms with E-state index in [2.05, 4.69) is 12.1 Å². The van der Waals surface area contributed by atoms with E-state index in [1.54, 1.807) is 12.8 Å². The number of benzene rings is 1. The molecule has 1 aromatic carbocycles. The molecular formula is C15H18O+2. The Morgan fingerprint density at radius 2 is 2.00 bits per heavy atom. The van der Waals surface area contributed by atoms with Crippen molar-refractivity contribution < 1.29 is 4.79 Å². The van der Waals surface area contributed by atoms with E-state index in [4.69, 9.17) is 0 Å². The van der Waals surface area contributed by atoms with Gasteiger partial charge in [0.2, 0.25) is 0 Å². The molecule has 0 amide bonds. The van der Waals surface area contributed by atoms with Gasteiger partial charge < -0.3 is 0 Å². The molecule has 2 aliphatic rings. The number of rotatable bonds is 2. The van der Waals surface area contributed by atoms with Gasteiger partial charge in [-0.25, -0.2) is 0 Å². The highest BCUT2D eigenvalue weighted by Crippen LogP contribution is 2.52. The molecule has 2 bridgehead atoms. The molecule has 1 N–H and O–H groups in total. The molecule has 2 saturated carbocycles. The molecule has 82 valence electrons. The average molecular weight is 214 g/mol. The van der Waals surface area contributed by atoms with Crippen LogP contribution in [0.1, 0.15) is 43.7 Å². The third-order valence-electron chi connectivity index (χ3n) is 4.22. The molecular weight excluding hydrogens is 196 g/mol. The van der Waals surface area contributed by atoms with Gasteiger partial charge in [0.05, 0.1) is 12.5 Å². The molecule has 2 fully saturated rings. The molecule has 0 radical (unpaired) electrons. The van der Waals surface area contributed by atoms with Gasteiger partial charge in [0, 0.05) is 42.5 Å². The zero-order valence-electron chi connectivity index (χ0n) is 9.74. The van der Waals surface area contributed by atoms with E-state index in [0.29, 0.717) is 5.78 Å². The third-order valence-corrected chi connectivity index (χ3v) is 4.22. The SMILES string of the molecule is CC(=[OH+])c1ccc([C+]2CC3CCC2C3)cc1. The van der Waals surface area contributed by atoms with E-state index in [-0.39, 0.29) is 0 Å². The van der Waals surface area contributed by atoms with Crippen LogP contribution in [0.5, 0.6) is 0 Å². The first-order chi connectivity index (χ1) is 7.74. The number of hydrogen-bond acceptors (Lipinski definition) is 0. The van der Waals surface area contributed by atoms with Crippen molar-refractivity contribution in [2.45, 2.75) is 32.6 Å². The molecule has 0 heterocycles. The Bertz CT molecular complexity index is 404. The van der Waals surface area contributed by atoms with Gasteiger partial charge in [0.1, 0.15) is 5.56 Å². The molecule has 2 aliphatic carbocycles. The van der Waals surface area contributed by atoms with Gasteiger partial charge in [-0.3, -0.25) is 4.79 Å². The molecule has 0 saturated heterocycles. The standard InChI is InChI=1S/C15H17O/c1-10(16)12-4-6-13(7-5-12)15-9-11-2-3-14(15)8-11/h4-7,11,14H,2-3,8-9H2,1H3/q+1/p+1. The second-order valence-corrected chi connectivity index (χ2v) is 5.27. The maximum Gasteiger partial charge on any atom is 0.322 e. The summed E-state index contributed by atoms with van der Waals surface area (Å²) in [5.74, 6) is 3.89. The van der Waals surface area contributed by atoms with E-state index in [9.17, 15) is 4.79 Å². The Labute approximate surface area is 96.9 Å². The molecule has 16 heavy (non-hydrogen) atoms. The summed E-state index contributed by atoms with van der Waals surface area (Å²) in [6, 6.07) is 8.41. The summed E-state index contributed by atoms with van der Waals surface area (Å²) >= 11 is 0. The minimum Gasteiger partial charge on any atom is -0.278 e. The lowest BCUT2D eigenvalue weighted by atomic mass is 9.83. The summed E-state index contributed by atoms with van der Waals surface area (Å²) < 4.78 is 0. The molecule has 0 aromatic heterocycles. The first kappa shape index (κ1) is 9.95. The van der Waals surface area contributed by atoms with E-state index in [1.165, 1.54) is 31.2 Å². The molecule has 1 nitrogen and oxygen atoms in total. The first-order valence-electron chi connectivity index (χ1n) is 6.23. The van der Waals surface area contributed by atoms with Crippen LogP contribution in [0.15, 0.2) is 24.3 Å². The fourth-order valence-corrected chi connectivity index (χ4v) is 3.33. The second kappa shape index (κ2) is 3.65. The van der Waals surface area contributed by atoms with E-state index in [1.807, 2.05) is 12.1 Å². The Balaban J connectivity index is 1.82. The molecule has 1 heteroatoms. The van der Waals surface area contributed by atoms with Crippen LogP contribution >= 0.6 is 0 Å². The molecule has 2 unspecified atom stereocenters. The number of ketones is 1. The summed E-state index contributed by atoms with van der Waals surface area (Å²) in [6.07, 6.45) is 5.57. The van der Waals surface area contributed by atoms with Gasteiger partial charge in [0.15, 0.2) is 0 Å². The van der Waals surface area contributed by atoms with E-state index in [0.717, 1.165) is 17.4 Å². The minimum absolute atomic E-state index is 0.407. The molecule has 0 aliphatic heterocycles. The van der Waals surface area contributed by atoms with Crippen molar-refractivity contribution in [3.8, 4) is 0 Å². The lowest BCUT2D eigenvalue weighted by Crippen LogP contribution is -2.09. The molecule has 0 spiro atoms. The monoisotopic (exact) mass is 214 g/mol. The van der Waals surface area contributed by atoms with Crippen LogP contribution in [-0.4, -0.2) is 10.6 Å². The van der Waals surface area contributed by atoms with E-state index >= 15 is 0 Å². The Morgan fingerprint density at radius 1 is 1.25 bits per heavy atom. The van der Waals surface area contributed by atoms with Crippen molar-refractivity contribution in [3.63, 3.8) is 0 Å². The predicted octanol–water partition coefficient (Wildman–Crippen LogP) is 3.34. The lowest BCUT2D eigenvalue weighted by Gasteiger charge is -2.15. The topological polar surface area (TPSA) is 21.4 Å². The van der Waals surface area contributed by atoms with Gasteiger partial charge in [-0.2, -0.15) is 0 Å². The average Bonchev–Trinajstić information content (AvgIpc) is 2.91. The van der Waals surface area contributed by atoms with Crippen LogP contribution in [0.3, 0.4) is 0 Å². The van der Waals surface area contributed by atoms with Gasteiger partial charge in [-0.1, -0.05) is 0 Å². The Kier molecular flexibility index (Phi) is 2.27. The van der Waals surface area contributed by atoms with Crippen molar-refractivity contribution in [1.82, 2.24) is 0 Å². The third kappa shape index (κ3) is 1.55. The van der Waals surface area contributed by atoms with Crippen molar-refractivity contribution in [3.05, 3.63) is 41.3 Å². The summed E-state index contributed by atoms with van der Waals surface area (Å²) in [4.78, 5) is 9.40. The number of fused-ring (bicyclic) bond motifs is 2. The van der Waals surface area contributed by atoms with Crippen molar-refractivity contribution in [2.75, 3.05) is 0 Å². The molecule has 2 atom stereocenters. The summed E-state index contributed by atoms with van der Waals surface area (Å²) in [5, 5.41) is 0. The Morgan fingerprint density at radius 3 is 2.50 bits per heavy atom. The van der Waals surface area contributed by atoms with Crippen LogP contribution in [-0.2, 0) is 0 Å². The fourth-order valence-electron chi connectivity index (χ4n) is 3.33. The van der Waals surface area contributed by atoms with Crippen molar-refractivity contribution >= 4 is 5.78 Å². The number of hydrogen-bond donors (Lipinski definition) is 0. The smallest absolute Gasteiger partial charge is 0.278 e. The summed E-state index contributed by atoms with van der Waals surface area (Å²) in [6.45, 7) is 1.74. The van der Waals surface area contributed by atoms with Crippen LogP contribution in [0.4, 0.5) is 0 Å². The maximum absolute atomic E-state index is 9.40. The first-order valence-corrected chi connectivity index (χ1v) is 6.23. The van der Waals surface area contributed by atoms with Crippen molar-refractivity contribution in [2.24, 2.45) is 11.8 Å². The highest BCUT2D eigenvalue weighted by molar-refractivity contribution is 5.94. The van der Waals surface area contributed by atoms with Gasteiger partial charge in [-0.15, -0.1) is 0 Å². The largest absolute Gasteiger partial charge is 0.322 e.